The van der Waals surface area contributed by atoms with Crippen molar-refractivity contribution < 1.29 is 9.59 Å². The summed E-state index contributed by atoms with van der Waals surface area (Å²) in [6.45, 7) is 3.98. The molecule has 1 heterocycles. The SMILES string of the molecule is Cc1ccc(NC(=O)C[C@@H]2SC(=NC3CCCC3)NC2=O)c(C)c1. The van der Waals surface area contributed by atoms with Gasteiger partial charge >= 0.3 is 0 Å². The van der Waals surface area contributed by atoms with Crippen molar-refractivity contribution in [2.45, 2.75) is 57.2 Å². The molecule has 2 aliphatic rings. The van der Waals surface area contributed by atoms with Crippen LogP contribution in [0.25, 0.3) is 0 Å². The van der Waals surface area contributed by atoms with E-state index in [0.717, 1.165) is 29.7 Å². The molecule has 1 aromatic rings. The number of rotatable bonds is 4. The number of aliphatic imine (C=N–C) groups is 1. The standard InChI is InChI=1S/C18H23N3O2S/c1-11-7-8-14(12(2)9-11)20-16(22)10-15-17(23)21-18(24-15)19-13-5-3-4-6-13/h7-9,13,15H,3-6,10H2,1-2H3,(H,20,22)(H,19,21,23)/t15-/m0/s1. The summed E-state index contributed by atoms with van der Waals surface area (Å²) in [5.41, 5.74) is 2.98. The zero-order valence-electron chi connectivity index (χ0n) is 14.1. The van der Waals surface area contributed by atoms with Crippen LogP contribution in [0.15, 0.2) is 23.2 Å². The summed E-state index contributed by atoms with van der Waals surface area (Å²) in [5.74, 6) is -0.260. The van der Waals surface area contributed by atoms with Gasteiger partial charge in [0.25, 0.3) is 0 Å². The lowest BCUT2D eigenvalue weighted by atomic mass is 10.1. The largest absolute Gasteiger partial charge is 0.326 e. The fourth-order valence-corrected chi connectivity index (χ4v) is 4.16. The summed E-state index contributed by atoms with van der Waals surface area (Å²) in [6, 6.07) is 6.22. The van der Waals surface area contributed by atoms with Crippen LogP contribution in [0.3, 0.4) is 0 Å². The van der Waals surface area contributed by atoms with Gasteiger partial charge in [0.05, 0.1) is 6.04 Å². The Bertz CT molecular complexity index is 681. The van der Waals surface area contributed by atoms with Crippen LogP contribution < -0.4 is 10.6 Å². The van der Waals surface area contributed by atoms with Crippen molar-refractivity contribution in [3.8, 4) is 0 Å². The minimum absolute atomic E-state index is 0.118. The van der Waals surface area contributed by atoms with Gasteiger partial charge in [0.15, 0.2) is 5.17 Å². The summed E-state index contributed by atoms with van der Waals surface area (Å²) < 4.78 is 0. The number of anilines is 1. The van der Waals surface area contributed by atoms with E-state index in [4.69, 9.17) is 0 Å². The van der Waals surface area contributed by atoms with Crippen molar-refractivity contribution in [1.82, 2.24) is 5.32 Å². The topological polar surface area (TPSA) is 70.6 Å². The van der Waals surface area contributed by atoms with Crippen molar-refractivity contribution in [2.75, 3.05) is 5.32 Å². The highest BCUT2D eigenvalue weighted by Gasteiger charge is 2.32. The Morgan fingerprint density at radius 3 is 2.79 bits per heavy atom. The van der Waals surface area contributed by atoms with Gasteiger partial charge in [-0.05, 0) is 38.3 Å². The predicted octanol–water partition coefficient (Wildman–Crippen LogP) is 3.16. The molecule has 24 heavy (non-hydrogen) atoms. The van der Waals surface area contributed by atoms with Gasteiger partial charge in [0.2, 0.25) is 11.8 Å². The minimum atomic E-state index is -0.393. The number of carbonyl (C=O) groups is 2. The van der Waals surface area contributed by atoms with Crippen LogP contribution in [0.1, 0.15) is 43.2 Å². The Hall–Kier alpha value is -1.82. The molecule has 6 heteroatoms. The molecule has 1 saturated carbocycles. The minimum Gasteiger partial charge on any atom is -0.326 e. The fraction of sp³-hybridized carbons (Fsp3) is 0.500. The highest BCUT2D eigenvalue weighted by Crippen LogP contribution is 2.27. The number of thioether (sulfide) groups is 1. The monoisotopic (exact) mass is 345 g/mol. The van der Waals surface area contributed by atoms with E-state index in [9.17, 15) is 9.59 Å². The van der Waals surface area contributed by atoms with E-state index in [1.54, 1.807) is 0 Å². The number of aryl methyl sites for hydroxylation is 2. The Kier molecular flexibility index (Phi) is 5.23. The highest BCUT2D eigenvalue weighted by molar-refractivity contribution is 8.15. The predicted molar refractivity (Wildman–Crippen MR) is 98.4 cm³/mol. The summed E-state index contributed by atoms with van der Waals surface area (Å²) in [4.78, 5) is 28.9. The third-order valence-electron chi connectivity index (χ3n) is 4.43. The van der Waals surface area contributed by atoms with Crippen LogP contribution in [0, 0.1) is 13.8 Å². The molecule has 0 unspecified atom stereocenters. The quantitative estimate of drug-likeness (QED) is 0.880. The number of nitrogens with one attached hydrogen (secondary N) is 2. The molecule has 0 aromatic heterocycles. The highest BCUT2D eigenvalue weighted by atomic mass is 32.2. The number of benzene rings is 1. The second-order valence-corrected chi connectivity index (χ2v) is 7.73. The van der Waals surface area contributed by atoms with Gasteiger partial charge < -0.3 is 10.6 Å². The van der Waals surface area contributed by atoms with Crippen molar-refractivity contribution in [3.63, 3.8) is 0 Å². The normalized spacial score (nSPS) is 22.8. The van der Waals surface area contributed by atoms with E-state index in [1.807, 2.05) is 32.0 Å². The molecule has 1 aliphatic carbocycles. The van der Waals surface area contributed by atoms with Crippen LogP contribution in [-0.4, -0.2) is 28.3 Å². The van der Waals surface area contributed by atoms with E-state index in [-0.39, 0.29) is 18.2 Å². The van der Waals surface area contributed by atoms with Crippen molar-refractivity contribution in [2.24, 2.45) is 4.99 Å². The summed E-state index contributed by atoms with van der Waals surface area (Å²) >= 11 is 1.38. The maximum absolute atomic E-state index is 12.3. The lowest BCUT2D eigenvalue weighted by molar-refractivity contribution is -0.122. The Labute approximate surface area is 146 Å². The Balaban J connectivity index is 1.57. The maximum Gasteiger partial charge on any atom is 0.240 e. The van der Waals surface area contributed by atoms with Crippen molar-refractivity contribution in [3.05, 3.63) is 29.3 Å². The molecule has 1 atom stereocenters. The van der Waals surface area contributed by atoms with Crippen LogP contribution in [-0.2, 0) is 9.59 Å². The van der Waals surface area contributed by atoms with Gasteiger partial charge in [-0.25, -0.2) is 0 Å². The van der Waals surface area contributed by atoms with Gasteiger partial charge in [0, 0.05) is 12.1 Å². The molecule has 3 rings (SSSR count). The van der Waals surface area contributed by atoms with Crippen LogP contribution >= 0.6 is 11.8 Å². The van der Waals surface area contributed by atoms with E-state index in [2.05, 4.69) is 15.6 Å². The first-order valence-electron chi connectivity index (χ1n) is 8.43. The van der Waals surface area contributed by atoms with Gasteiger partial charge in [-0.2, -0.15) is 0 Å². The molecule has 2 fully saturated rings. The average Bonchev–Trinajstić information content (AvgIpc) is 3.13. The molecular weight excluding hydrogens is 322 g/mol. The molecule has 2 amide bonds. The maximum atomic E-state index is 12.3. The molecule has 5 nitrogen and oxygen atoms in total. The zero-order valence-corrected chi connectivity index (χ0v) is 14.9. The second kappa shape index (κ2) is 7.38. The first-order valence-corrected chi connectivity index (χ1v) is 9.31. The zero-order chi connectivity index (χ0) is 17.1. The molecule has 0 bridgehead atoms. The van der Waals surface area contributed by atoms with Crippen LogP contribution in [0.5, 0.6) is 0 Å². The first-order chi connectivity index (χ1) is 11.5. The van der Waals surface area contributed by atoms with Crippen LogP contribution in [0.2, 0.25) is 0 Å². The number of carbonyl (C=O) groups excluding carboxylic acids is 2. The summed E-state index contributed by atoms with van der Waals surface area (Å²) in [6.07, 6.45) is 4.77. The lowest BCUT2D eigenvalue weighted by Crippen LogP contribution is -2.28. The van der Waals surface area contributed by atoms with Gasteiger partial charge in [-0.1, -0.05) is 42.3 Å². The molecular formula is C18H23N3O2S. The molecule has 1 aromatic carbocycles. The third-order valence-corrected chi connectivity index (χ3v) is 5.52. The van der Waals surface area contributed by atoms with E-state index in [0.29, 0.717) is 11.2 Å². The van der Waals surface area contributed by atoms with Crippen molar-refractivity contribution in [1.29, 1.82) is 0 Å². The number of amidine groups is 1. The molecule has 128 valence electrons. The Morgan fingerprint density at radius 1 is 1.33 bits per heavy atom. The Morgan fingerprint density at radius 2 is 2.08 bits per heavy atom. The summed E-state index contributed by atoms with van der Waals surface area (Å²) in [7, 11) is 0. The second-order valence-electron chi connectivity index (χ2n) is 6.54. The van der Waals surface area contributed by atoms with Crippen molar-refractivity contribution >= 4 is 34.4 Å². The lowest BCUT2D eigenvalue weighted by Gasteiger charge is -2.10. The number of nitrogens with zero attached hydrogens (tertiary/aromatic N) is 1. The average molecular weight is 345 g/mol. The molecule has 0 spiro atoms. The number of hydrogen-bond acceptors (Lipinski definition) is 4. The fourth-order valence-electron chi connectivity index (χ4n) is 3.12. The number of amides is 2. The van der Waals surface area contributed by atoms with E-state index in [1.165, 1.54) is 24.6 Å². The smallest absolute Gasteiger partial charge is 0.240 e. The van der Waals surface area contributed by atoms with E-state index >= 15 is 0 Å². The molecule has 2 N–H and O–H groups in total. The molecule has 0 radical (unpaired) electrons. The first kappa shape index (κ1) is 17.0. The number of hydrogen-bond donors (Lipinski definition) is 2. The van der Waals surface area contributed by atoms with E-state index < -0.39 is 5.25 Å². The van der Waals surface area contributed by atoms with Crippen LogP contribution in [0.4, 0.5) is 5.69 Å². The third kappa shape index (κ3) is 4.17. The molecule has 1 aliphatic heterocycles. The summed E-state index contributed by atoms with van der Waals surface area (Å²) in [5, 5.41) is 6.00. The molecule has 1 saturated heterocycles. The van der Waals surface area contributed by atoms with Gasteiger partial charge in [0.1, 0.15) is 5.25 Å². The van der Waals surface area contributed by atoms with Gasteiger partial charge in [-0.15, -0.1) is 0 Å². The van der Waals surface area contributed by atoms with Gasteiger partial charge in [-0.3, -0.25) is 14.6 Å².